The lowest BCUT2D eigenvalue weighted by Crippen LogP contribution is -2.51. The number of hydrogen-bond acceptors (Lipinski definition) is 6. The highest BCUT2D eigenvalue weighted by atomic mass is 32.2. The lowest BCUT2D eigenvalue weighted by Gasteiger charge is -2.37. The minimum Gasteiger partial charge on any atom is -0.487 e. The molecule has 0 saturated carbocycles. The molecule has 1 aromatic rings. The molecule has 184 valence electrons. The molecular weight excluding hydrogens is 446 g/mol. The second kappa shape index (κ2) is 11.7. The first-order valence-corrected chi connectivity index (χ1v) is 12.6. The van der Waals surface area contributed by atoms with Gasteiger partial charge in [0.2, 0.25) is 10.0 Å². The lowest BCUT2D eigenvalue weighted by molar-refractivity contribution is 0.0812. The number of benzene rings is 1. The van der Waals surface area contributed by atoms with Crippen LogP contribution in [0.15, 0.2) is 23.1 Å². The van der Waals surface area contributed by atoms with Crippen molar-refractivity contribution in [1.82, 2.24) is 14.5 Å². The molecule has 0 unspecified atom stereocenters. The van der Waals surface area contributed by atoms with Crippen LogP contribution in [0, 0.1) is 17.8 Å². The van der Waals surface area contributed by atoms with Crippen LogP contribution in [-0.4, -0.2) is 85.4 Å². The standard InChI is InChI=1S/C23H35N3O6S/c1-6-11-24-23(29)25(5)14-21-16(2)13-26(17(3)15-27)33(30,31)22-10-9-19(8-7-18(4)28)12-20(22)32-21/h9-10,12,16-18,21,27-28H,6,11,13-15H2,1-5H3,(H,24,29)/t16-,17+,18+,21-/m0/s1. The van der Waals surface area contributed by atoms with Crippen LogP contribution >= 0.6 is 0 Å². The Morgan fingerprint density at radius 3 is 2.70 bits per heavy atom. The number of nitrogens with one attached hydrogen (secondary N) is 1. The number of rotatable bonds is 6. The highest BCUT2D eigenvalue weighted by Gasteiger charge is 2.38. The van der Waals surface area contributed by atoms with Gasteiger partial charge in [-0.05, 0) is 38.5 Å². The van der Waals surface area contributed by atoms with Crippen LogP contribution in [0.2, 0.25) is 0 Å². The fourth-order valence-corrected chi connectivity index (χ4v) is 5.25. The summed E-state index contributed by atoms with van der Waals surface area (Å²) in [5, 5.41) is 22.0. The van der Waals surface area contributed by atoms with Crippen molar-refractivity contribution < 1.29 is 28.2 Å². The molecule has 0 bridgehead atoms. The van der Waals surface area contributed by atoms with E-state index in [4.69, 9.17) is 4.74 Å². The van der Waals surface area contributed by atoms with E-state index in [1.54, 1.807) is 20.0 Å². The van der Waals surface area contributed by atoms with Crippen LogP contribution in [0.1, 0.15) is 39.7 Å². The third kappa shape index (κ3) is 6.84. The summed E-state index contributed by atoms with van der Waals surface area (Å²) < 4.78 is 34.4. The fraction of sp³-hybridized carbons (Fsp3) is 0.609. The zero-order chi connectivity index (χ0) is 24.8. The molecule has 0 spiro atoms. The number of sulfonamides is 1. The van der Waals surface area contributed by atoms with Gasteiger partial charge in [-0.2, -0.15) is 4.31 Å². The monoisotopic (exact) mass is 481 g/mol. The quantitative estimate of drug-likeness (QED) is 0.526. The van der Waals surface area contributed by atoms with E-state index in [-0.39, 0.29) is 42.3 Å². The first-order valence-electron chi connectivity index (χ1n) is 11.1. The summed E-state index contributed by atoms with van der Waals surface area (Å²) >= 11 is 0. The van der Waals surface area contributed by atoms with Crippen molar-refractivity contribution >= 4 is 16.1 Å². The van der Waals surface area contributed by atoms with Gasteiger partial charge >= 0.3 is 6.03 Å². The van der Waals surface area contributed by atoms with Gasteiger partial charge in [-0.3, -0.25) is 0 Å². The van der Waals surface area contributed by atoms with Crippen molar-refractivity contribution in [2.75, 3.05) is 33.3 Å². The second-order valence-electron chi connectivity index (χ2n) is 8.46. The second-order valence-corrected chi connectivity index (χ2v) is 10.3. The molecule has 0 saturated heterocycles. The average Bonchev–Trinajstić information content (AvgIpc) is 2.77. The van der Waals surface area contributed by atoms with Gasteiger partial charge in [0, 0.05) is 37.7 Å². The predicted octanol–water partition coefficient (Wildman–Crippen LogP) is 1.24. The van der Waals surface area contributed by atoms with Crippen molar-refractivity contribution in [3.05, 3.63) is 23.8 Å². The molecule has 3 N–H and O–H groups in total. The van der Waals surface area contributed by atoms with Gasteiger partial charge in [-0.25, -0.2) is 13.2 Å². The summed E-state index contributed by atoms with van der Waals surface area (Å²) in [6.07, 6.45) is -0.531. The summed E-state index contributed by atoms with van der Waals surface area (Å²) in [7, 11) is -2.29. The molecule has 2 rings (SSSR count). The molecule has 1 aliphatic rings. The summed E-state index contributed by atoms with van der Waals surface area (Å²) in [4.78, 5) is 13.9. The predicted molar refractivity (Wildman–Crippen MR) is 125 cm³/mol. The van der Waals surface area contributed by atoms with Gasteiger partial charge < -0.3 is 25.2 Å². The molecule has 0 fully saturated rings. The average molecular weight is 482 g/mol. The summed E-state index contributed by atoms with van der Waals surface area (Å²) in [6, 6.07) is 3.65. The van der Waals surface area contributed by atoms with Crippen LogP contribution in [-0.2, 0) is 10.0 Å². The molecule has 1 aliphatic heterocycles. The number of urea groups is 1. The summed E-state index contributed by atoms with van der Waals surface area (Å²) in [5.41, 5.74) is 0.493. The summed E-state index contributed by atoms with van der Waals surface area (Å²) in [5.74, 6) is 5.29. The Bertz CT molecular complexity index is 986. The van der Waals surface area contributed by atoms with Crippen LogP contribution in [0.3, 0.4) is 0 Å². The first-order chi connectivity index (χ1) is 15.5. The molecule has 0 aromatic heterocycles. The maximum atomic E-state index is 13.4. The molecule has 9 nitrogen and oxygen atoms in total. The fourth-order valence-electron chi connectivity index (χ4n) is 3.43. The SMILES string of the molecule is CCCNC(=O)N(C)C[C@@H]1Oc2cc(C#C[C@@H](C)O)ccc2S(=O)(=O)N([C@H](C)CO)C[C@@H]1C. The van der Waals surface area contributed by atoms with E-state index in [9.17, 15) is 23.4 Å². The number of hydrogen-bond donors (Lipinski definition) is 3. The third-order valence-corrected chi connectivity index (χ3v) is 7.44. The molecule has 0 aliphatic carbocycles. The number of carbonyl (C=O) groups excluding carboxylic acids is 1. The summed E-state index contributed by atoms with van der Waals surface area (Å²) in [6.45, 7) is 7.59. The van der Waals surface area contributed by atoms with E-state index in [0.717, 1.165) is 6.42 Å². The molecular formula is C23H35N3O6S. The molecule has 1 aromatic carbocycles. The van der Waals surface area contributed by atoms with E-state index in [2.05, 4.69) is 17.2 Å². The van der Waals surface area contributed by atoms with Crippen molar-refractivity contribution in [2.45, 2.75) is 57.3 Å². The van der Waals surface area contributed by atoms with Gasteiger partial charge in [0.05, 0.1) is 13.2 Å². The van der Waals surface area contributed by atoms with Gasteiger partial charge in [0.1, 0.15) is 22.9 Å². The van der Waals surface area contributed by atoms with Crippen molar-refractivity contribution in [3.63, 3.8) is 0 Å². The Balaban J connectivity index is 2.51. The van der Waals surface area contributed by atoms with Crippen LogP contribution < -0.4 is 10.1 Å². The van der Waals surface area contributed by atoms with E-state index in [1.807, 2.05) is 13.8 Å². The highest BCUT2D eigenvalue weighted by molar-refractivity contribution is 7.89. The van der Waals surface area contributed by atoms with Gasteiger partial charge in [-0.1, -0.05) is 25.7 Å². The Labute approximate surface area is 196 Å². The van der Waals surface area contributed by atoms with E-state index in [1.165, 1.54) is 28.3 Å². The normalized spacial score (nSPS) is 21.8. The molecule has 0 radical (unpaired) electrons. The number of aliphatic hydroxyl groups is 2. The molecule has 1 heterocycles. The van der Waals surface area contributed by atoms with E-state index >= 15 is 0 Å². The highest BCUT2D eigenvalue weighted by Crippen LogP contribution is 2.34. The number of likely N-dealkylation sites (N-methyl/N-ethyl adjacent to an activating group) is 1. The van der Waals surface area contributed by atoms with Crippen LogP contribution in [0.25, 0.3) is 0 Å². The molecule has 2 amide bonds. The molecule has 4 atom stereocenters. The third-order valence-electron chi connectivity index (χ3n) is 5.42. The Morgan fingerprint density at radius 1 is 1.39 bits per heavy atom. The van der Waals surface area contributed by atoms with Crippen molar-refractivity contribution in [1.29, 1.82) is 0 Å². The largest absolute Gasteiger partial charge is 0.487 e. The maximum absolute atomic E-state index is 13.4. The maximum Gasteiger partial charge on any atom is 0.317 e. The number of carbonyl (C=O) groups is 1. The Hall–Kier alpha value is -2.32. The Kier molecular flexibility index (Phi) is 9.55. The van der Waals surface area contributed by atoms with Gasteiger partial charge in [0.15, 0.2) is 0 Å². The van der Waals surface area contributed by atoms with Gasteiger partial charge in [-0.15, -0.1) is 0 Å². The zero-order valence-electron chi connectivity index (χ0n) is 19.9. The van der Waals surface area contributed by atoms with Crippen molar-refractivity contribution in [3.8, 4) is 17.6 Å². The first kappa shape index (κ1) is 26.9. The smallest absolute Gasteiger partial charge is 0.317 e. The van der Waals surface area contributed by atoms with Crippen LogP contribution in [0.4, 0.5) is 4.79 Å². The number of ether oxygens (including phenoxy) is 1. The topological polar surface area (TPSA) is 119 Å². The molecule has 33 heavy (non-hydrogen) atoms. The lowest BCUT2D eigenvalue weighted by atomic mass is 10.0. The van der Waals surface area contributed by atoms with E-state index < -0.39 is 28.3 Å². The minimum atomic E-state index is -3.96. The molecule has 10 heteroatoms. The van der Waals surface area contributed by atoms with E-state index in [0.29, 0.717) is 12.1 Å². The number of aliphatic hydroxyl groups excluding tert-OH is 2. The minimum absolute atomic E-state index is 0.0274. The Morgan fingerprint density at radius 2 is 2.09 bits per heavy atom. The van der Waals surface area contributed by atoms with Crippen molar-refractivity contribution in [2.24, 2.45) is 5.92 Å². The number of amides is 2. The van der Waals surface area contributed by atoms with Gasteiger partial charge in [0.25, 0.3) is 0 Å². The zero-order valence-corrected chi connectivity index (χ0v) is 20.7. The number of nitrogens with zero attached hydrogens (tertiary/aromatic N) is 2. The van der Waals surface area contributed by atoms with Crippen LogP contribution in [0.5, 0.6) is 5.75 Å². The number of fused-ring (bicyclic) bond motifs is 1.